The average Bonchev–Trinajstić information content (AvgIpc) is 2.67. The van der Waals surface area contributed by atoms with Gasteiger partial charge in [-0.15, -0.1) is 0 Å². The fraction of sp³-hybridized carbons (Fsp3) is 0.261. The summed E-state index contributed by atoms with van der Waals surface area (Å²) in [4.78, 5) is 29.1. The van der Waals surface area contributed by atoms with Gasteiger partial charge in [-0.3, -0.25) is 14.6 Å². The molecule has 2 heterocycles. The molecule has 4 rings (SSSR count). The number of amides is 2. The first kappa shape index (κ1) is 18.2. The summed E-state index contributed by atoms with van der Waals surface area (Å²) < 4.78 is 0. The number of anilines is 1. The van der Waals surface area contributed by atoms with Crippen LogP contribution in [-0.2, 0) is 4.79 Å². The molecule has 0 saturated carbocycles. The minimum absolute atomic E-state index is 0.00501. The molecule has 1 saturated heterocycles. The van der Waals surface area contributed by atoms with Gasteiger partial charge in [0.2, 0.25) is 5.91 Å². The Labute approximate surface area is 164 Å². The Morgan fingerprint density at radius 3 is 2.82 bits per heavy atom. The van der Waals surface area contributed by atoms with Gasteiger partial charge in [0.05, 0.1) is 22.8 Å². The first-order valence-electron chi connectivity index (χ1n) is 9.58. The summed E-state index contributed by atoms with van der Waals surface area (Å²) in [5, 5.41) is 6.94. The maximum Gasteiger partial charge on any atom is 0.257 e. The SMILES string of the molecule is Cc1ccc2cc(C(=O)Nc3cccc(C4CCCC(=O)N4)c3)c(C)nc2c1. The third kappa shape index (κ3) is 3.74. The van der Waals surface area contributed by atoms with E-state index >= 15 is 0 Å². The molecule has 1 fully saturated rings. The minimum atomic E-state index is -0.183. The van der Waals surface area contributed by atoms with Gasteiger partial charge in [-0.25, -0.2) is 0 Å². The molecule has 1 aliphatic rings. The van der Waals surface area contributed by atoms with Crippen molar-refractivity contribution in [2.75, 3.05) is 5.32 Å². The van der Waals surface area contributed by atoms with Crippen LogP contribution in [0.1, 0.15) is 52.5 Å². The Bertz CT molecular complexity index is 1070. The molecule has 2 N–H and O–H groups in total. The molecule has 0 radical (unpaired) electrons. The normalized spacial score (nSPS) is 16.6. The Morgan fingerprint density at radius 1 is 1.14 bits per heavy atom. The van der Waals surface area contributed by atoms with E-state index in [-0.39, 0.29) is 17.9 Å². The summed E-state index contributed by atoms with van der Waals surface area (Å²) in [6, 6.07) is 15.6. The molecule has 0 spiro atoms. The Hall–Kier alpha value is -3.21. The van der Waals surface area contributed by atoms with Gasteiger partial charge < -0.3 is 10.6 Å². The second kappa shape index (κ2) is 7.43. The largest absolute Gasteiger partial charge is 0.349 e. The standard InChI is InChI=1S/C23H23N3O2/c1-14-9-10-17-13-19(15(2)24-21(17)11-14)23(28)25-18-6-3-5-16(12-18)20-7-4-8-22(27)26-20/h3,5-6,9-13,20H,4,7-8H2,1-2H3,(H,25,28)(H,26,27). The highest BCUT2D eigenvalue weighted by atomic mass is 16.2. The lowest BCUT2D eigenvalue weighted by Gasteiger charge is -2.24. The lowest BCUT2D eigenvalue weighted by molar-refractivity contribution is -0.123. The van der Waals surface area contributed by atoms with E-state index in [4.69, 9.17) is 0 Å². The molecule has 1 unspecified atom stereocenters. The van der Waals surface area contributed by atoms with Crippen LogP contribution >= 0.6 is 0 Å². The topological polar surface area (TPSA) is 71.1 Å². The number of carbonyl (C=O) groups is 2. The van der Waals surface area contributed by atoms with Crippen molar-refractivity contribution in [2.24, 2.45) is 0 Å². The van der Waals surface area contributed by atoms with Gasteiger partial charge in [0.1, 0.15) is 0 Å². The molecule has 2 amide bonds. The number of aryl methyl sites for hydroxylation is 2. The van der Waals surface area contributed by atoms with Crippen LogP contribution in [0.25, 0.3) is 10.9 Å². The van der Waals surface area contributed by atoms with E-state index in [1.807, 2.05) is 62.4 Å². The number of hydrogen-bond acceptors (Lipinski definition) is 3. The smallest absolute Gasteiger partial charge is 0.257 e. The molecule has 3 aromatic rings. The number of nitrogens with zero attached hydrogens (tertiary/aromatic N) is 1. The fourth-order valence-corrected chi connectivity index (χ4v) is 3.69. The van der Waals surface area contributed by atoms with Gasteiger partial charge >= 0.3 is 0 Å². The molecule has 0 bridgehead atoms. The maximum atomic E-state index is 12.9. The number of pyridine rings is 1. The lowest BCUT2D eigenvalue weighted by atomic mass is 9.97. The van der Waals surface area contributed by atoms with Crippen LogP contribution < -0.4 is 10.6 Å². The zero-order valence-corrected chi connectivity index (χ0v) is 16.1. The second-order valence-corrected chi connectivity index (χ2v) is 7.41. The second-order valence-electron chi connectivity index (χ2n) is 7.41. The van der Waals surface area contributed by atoms with Crippen LogP contribution in [0.5, 0.6) is 0 Å². The van der Waals surface area contributed by atoms with Gasteiger partial charge in [0.25, 0.3) is 5.91 Å². The molecule has 28 heavy (non-hydrogen) atoms. The summed E-state index contributed by atoms with van der Waals surface area (Å²) in [7, 11) is 0. The van der Waals surface area contributed by atoms with Crippen molar-refractivity contribution in [2.45, 2.75) is 39.2 Å². The van der Waals surface area contributed by atoms with Crippen LogP contribution in [0.3, 0.4) is 0 Å². The van der Waals surface area contributed by atoms with Gasteiger partial charge in [-0.2, -0.15) is 0 Å². The summed E-state index contributed by atoms with van der Waals surface area (Å²) in [6.45, 7) is 3.88. The first-order chi connectivity index (χ1) is 13.5. The number of fused-ring (bicyclic) bond motifs is 1. The summed E-state index contributed by atoms with van der Waals surface area (Å²) in [5.41, 5.74) is 5.02. The van der Waals surface area contributed by atoms with E-state index in [0.29, 0.717) is 23.4 Å². The van der Waals surface area contributed by atoms with Crippen molar-refractivity contribution >= 4 is 28.4 Å². The Morgan fingerprint density at radius 2 is 2.00 bits per heavy atom. The molecule has 1 aliphatic heterocycles. The van der Waals surface area contributed by atoms with Crippen molar-refractivity contribution in [1.29, 1.82) is 0 Å². The van der Waals surface area contributed by atoms with E-state index in [0.717, 1.165) is 34.9 Å². The van der Waals surface area contributed by atoms with E-state index in [9.17, 15) is 9.59 Å². The predicted octanol–water partition coefficient (Wildman–Crippen LogP) is 4.45. The van der Waals surface area contributed by atoms with Crippen LogP contribution in [0.15, 0.2) is 48.5 Å². The lowest BCUT2D eigenvalue weighted by Crippen LogP contribution is -2.32. The number of aromatic nitrogens is 1. The highest BCUT2D eigenvalue weighted by molar-refractivity contribution is 6.06. The third-order valence-electron chi connectivity index (χ3n) is 5.19. The molecule has 5 nitrogen and oxygen atoms in total. The molecular formula is C23H23N3O2. The summed E-state index contributed by atoms with van der Waals surface area (Å²) in [6.07, 6.45) is 2.38. The molecule has 1 atom stereocenters. The van der Waals surface area contributed by atoms with Gasteiger partial charge in [-0.05, 0) is 62.1 Å². The first-order valence-corrected chi connectivity index (χ1v) is 9.58. The molecule has 1 aromatic heterocycles. The van der Waals surface area contributed by atoms with Crippen molar-refractivity contribution in [3.05, 3.63) is 70.9 Å². The minimum Gasteiger partial charge on any atom is -0.349 e. The molecule has 142 valence electrons. The molecular weight excluding hydrogens is 350 g/mol. The van der Waals surface area contributed by atoms with Crippen LogP contribution in [0, 0.1) is 13.8 Å². The highest BCUT2D eigenvalue weighted by Gasteiger charge is 2.20. The quantitative estimate of drug-likeness (QED) is 0.713. The fourth-order valence-electron chi connectivity index (χ4n) is 3.69. The van der Waals surface area contributed by atoms with Crippen molar-refractivity contribution in [1.82, 2.24) is 10.3 Å². The van der Waals surface area contributed by atoms with Gasteiger partial charge in [0.15, 0.2) is 0 Å². The van der Waals surface area contributed by atoms with Crippen LogP contribution in [0.4, 0.5) is 5.69 Å². The van der Waals surface area contributed by atoms with Crippen molar-refractivity contribution < 1.29 is 9.59 Å². The monoisotopic (exact) mass is 373 g/mol. The molecule has 2 aromatic carbocycles. The zero-order valence-electron chi connectivity index (χ0n) is 16.1. The van der Waals surface area contributed by atoms with Crippen LogP contribution in [-0.4, -0.2) is 16.8 Å². The van der Waals surface area contributed by atoms with Crippen molar-refractivity contribution in [3.63, 3.8) is 0 Å². The molecule has 0 aliphatic carbocycles. The van der Waals surface area contributed by atoms with Gasteiger partial charge in [-0.1, -0.05) is 24.3 Å². The Balaban J connectivity index is 1.57. The van der Waals surface area contributed by atoms with Crippen LogP contribution in [0.2, 0.25) is 0 Å². The van der Waals surface area contributed by atoms with Crippen molar-refractivity contribution in [3.8, 4) is 0 Å². The zero-order chi connectivity index (χ0) is 19.7. The Kier molecular flexibility index (Phi) is 4.82. The molecule has 5 heteroatoms. The third-order valence-corrected chi connectivity index (χ3v) is 5.19. The van der Waals surface area contributed by atoms with E-state index in [1.54, 1.807) is 0 Å². The summed E-state index contributed by atoms with van der Waals surface area (Å²) in [5.74, 6) is -0.101. The average molecular weight is 373 g/mol. The van der Waals surface area contributed by atoms with Gasteiger partial charge in [0, 0.05) is 17.5 Å². The predicted molar refractivity (Wildman–Crippen MR) is 110 cm³/mol. The van der Waals surface area contributed by atoms with E-state index in [2.05, 4.69) is 15.6 Å². The number of carbonyl (C=O) groups excluding carboxylic acids is 2. The maximum absolute atomic E-state index is 12.9. The number of rotatable bonds is 3. The van der Waals surface area contributed by atoms with E-state index < -0.39 is 0 Å². The number of nitrogens with one attached hydrogen (secondary N) is 2. The summed E-state index contributed by atoms with van der Waals surface area (Å²) >= 11 is 0. The van der Waals surface area contributed by atoms with E-state index in [1.165, 1.54) is 0 Å². The number of benzene rings is 2. The number of hydrogen-bond donors (Lipinski definition) is 2. The highest BCUT2D eigenvalue weighted by Crippen LogP contribution is 2.26. The number of piperidine rings is 1.